The molecule has 4 nitrogen and oxygen atoms in total. The number of nitrogens with zero attached hydrogens (tertiary/aromatic N) is 1. The van der Waals surface area contributed by atoms with Crippen molar-refractivity contribution >= 4 is 10.0 Å². The maximum atomic E-state index is 13.2. The molecule has 0 aromatic heterocycles. The van der Waals surface area contributed by atoms with Crippen molar-refractivity contribution in [2.24, 2.45) is 0 Å². The lowest BCUT2D eigenvalue weighted by Gasteiger charge is -2.16. The highest BCUT2D eigenvalue weighted by Gasteiger charge is 2.34. The van der Waals surface area contributed by atoms with Crippen LogP contribution in [0.15, 0.2) is 53.4 Å². The third-order valence-electron chi connectivity index (χ3n) is 3.72. The van der Waals surface area contributed by atoms with E-state index in [2.05, 4.69) is 0 Å². The van der Waals surface area contributed by atoms with E-state index in [1.54, 1.807) is 6.92 Å². The summed E-state index contributed by atoms with van der Waals surface area (Å²) in [4.78, 5) is 0.117. The highest BCUT2D eigenvalue weighted by Crippen LogP contribution is 2.29. The van der Waals surface area contributed by atoms with Crippen LogP contribution in [-0.2, 0) is 14.8 Å². The van der Waals surface area contributed by atoms with Gasteiger partial charge in [-0.15, -0.1) is 0 Å². The highest BCUT2D eigenvalue weighted by atomic mass is 32.2. The average Bonchev–Trinajstić information content (AvgIpc) is 2.98. The molecule has 1 saturated heterocycles. The summed E-state index contributed by atoms with van der Waals surface area (Å²) in [6, 6.07) is 13.2. The Bertz CT molecular complexity index is 777. The SMILES string of the molecule is Cc1cc(F)ccc1S(=O)(=O)N1COC(c2ccccc2)C1. The van der Waals surface area contributed by atoms with Gasteiger partial charge in [-0.2, -0.15) is 4.31 Å². The van der Waals surface area contributed by atoms with Crippen molar-refractivity contribution in [1.29, 1.82) is 0 Å². The lowest BCUT2D eigenvalue weighted by Crippen LogP contribution is -2.29. The molecule has 0 spiro atoms. The topological polar surface area (TPSA) is 46.6 Å². The molecular weight excluding hydrogens is 305 g/mol. The summed E-state index contributed by atoms with van der Waals surface area (Å²) in [7, 11) is -3.69. The number of ether oxygens (including phenoxy) is 1. The molecule has 1 fully saturated rings. The van der Waals surface area contributed by atoms with Crippen molar-refractivity contribution in [3.05, 3.63) is 65.5 Å². The third kappa shape index (κ3) is 2.77. The van der Waals surface area contributed by atoms with Crippen LogP contribution in [-0.4, -0.2) is 26.0 Å². The fourth-order valence-corrected chi connectivity index (χ4v) is 4.06. The molecule has 116 valence electrons. The summed E-state index contributed by atoms with van der Waals surface area (Å²) in [6.07, 6.45) is -0.281. The molecule has 1 heterocycles. The zero-order chi connectivity index (χ0) is 15.7. The monoisotopic (exact) mass is 321 g/mol. The Hall–Kier alpha value is -1.76. The van der Waals surface area contributed by atoms with Crippen molar-refractivity contribution in [1.82, 2.24) is 4.31 Å². The Balaban J connectivity index is 1.85. The van der Waals surface area contributed by atoms with Crippen LogP contribution in [0.3, 0.4) is 0 Å². The first-order chi connectivity index (χ1) is 10.5. The second-order valence-corrected chi connectivity index (χ2v) is 7.15. The van der Waals surface area contributed by atoms with E-state index in [0.717, 1.165) is 11.6 Å². The van der Waals surface area contributed by atoms with Crippen molar-refractivity contribution in [3.63, 3.8) is 0 Å². The standard InChI is InChI=1S/C16H16FNO3S/c1-12-9-14(17)7-8-16(12)22(19,20)18-10-15(21-11-18)13-5-3-2-4-6-13/h2-9,15H,10-11H2,1H3. The van der Waals surface area contributed by atoms with Gasteiger partial charge in [0, 0.05) is 6.54 Å². The van der Waals surface area contributed by atoms with E-state index < -0.39 is 15.8 Å². The molecule has 3 rings (SSSR count). The molecule has 2 aromatic carbocycles. The molecule has 0 bridgehead atoms. The van der Waals surface area contributed by atoms with Gasteiger partial charge in [0.2, 0.25) is 10.0 Å². The molecule has 0 saturated carbocycles. The molecule has 0 radical (unpaired) electrons. The first-order valence-electron chi connectivity index (χ1n) is 6.91. The number of hydrogen-bond acceptors (Lipinski definition) is 3. The van der Waals surface area contributed by atoms with Gasteiger partial charge in [0.1, 0.15) is 12.5 Å². The predicted molar refractivity (Wildman–Crippen MR) is 80.2 cm³/mol. The van der Waals surface area contributed by atoms with Crippen LogP contribution >= 0.6 is 0 Å². The van der Waals surface area contributed by atoms with Crippen LogP contribution in [0.1, 0.15) is 17.2 Å². The number of rotatable bonds is 3. The Kier molecular flexibility index (Phi) is 3.99. The summed E-state index contributed by atoms with van der Waals surface area (Å²) < 4.78 is 45.4. The number of aryl methyl sites for hydroxylation is 1. The summed E-state index contributed by atoms with van der Waals surface area (Å²) in [6.45, 7) is 1.84. The first-order valence-corrected chi connectivity index (χ1v) is 8.35. The average molecular weight is 321 g/mol. The Morgan fingerprint density at radius 1 is 1.18 bits per heavy atom. The van der Waals surface area contributed by atoms with Gasteiger partial charge >= 0.3 is 0 Å². The van der Waals surface area contributed by atoms with Crippen LogP contribution < -0.4 is 0 Å². The van der Waals surface area contributed by atoms with Crippen LogP contribution in [0.2, 0.25) is 0 Å². The van der Waals surface area contributed by atoms with Gasteiger partial charge in [-0.05, 0) is 36.2 Å². The smallest absolute Gasteiger partial charge is 0.245 e. The van der Waals surface area contributed by atoms with E-state index in [1.165, 1.54) is 16.4 Å². The second kappa shape index (κ2) is 5.79. The van der Waals surface area contributed by atoms with Crippen LogP contribution in [0.4, 0.5) is 4.39 Å². The lowest BCUT2D eigenvalue weighted by molar-refractivity contribution is 0.104. The van der Waals surface area contributed by atoms with Crippen molar-refractivity contribution in [2.75, 3.05) is 13.3 Å². The molecule has 2 aromatic rings. The molecular formula is C16H16FNO3S. The largest absolute Gasteiger partial charge is 0.356 e. The van der Waals surface area contributed by atoms with Gasteiger partial charge in [0.25, 0.3) is 0 Å². The van der Waals surface area contributed by atoms with Crippen LogP contribution in [0, 0.1) is 12.7 Å². The molecule has 0 N–H and O–H groups in total. The summed E-state index contributed by atoms with van der Waals surface area (Å²) in [5, 5.41) is 0. The Morgan fingerprint density at radius 2 is 1.91 bits per heavy atom. The van der Waals surface area contributed by atoms with Crippen molar-refractivity contribution in [2.45, 2.75) is 17.9 Å². The van der Waals surface area contributed by atoms with Gasteiger partial charge < -0.3 is 4.74 Å². The normalized spacial score (nSPS) is 19.5. The minimum absolute atomic E-state index is 0.00128. The molecule has 6 heteroatoms. The van der Waals surface area contributed by atoms with Crippen LogP contribution in [0.25, 0.3) is 0 Å². The maximum absolute atomic E-state index is 13.2. The van der Waals surface area contributed by atoms with Gasteiger partial charge in [0.05, 0.1) is 11.0 Å². The van der Waals surface area contributed by atoms with Crippen molar-refractivity contribution in [3.8, 4) is 0 Å². The lowest BCUT2D eigenvalue weighted by atomic mass is 10.1. The van der Waals surface area contributed by atoms with E-state index in [-0.39, 0.29) is 24.3 Å². The van der Waals surface area contributed by atoms with E-state index in [1.807, 2.05) is 30.3 Å². The molecule has 22 heavy (non-hydrogen) atoms. The number of benzene rings is 2. The molecule has 1 aliphatic heterocycles. The molecule has 0 amide bonds. The fourth-order valence-electron chi connectivity index (χ4n) is 2.54. The predicted octanol–water partition coefficient (Wildman–Crippen LogP) is 2.85. The van der Waals surface area contributed by atoms with E-state index in [4.69, 9.17) is 4.74 Å². The molecule has 1 atom stereocenters. The van der Waals surface area contributed by atoms with Gasteiger partial charge in [-0.25, -0.2) is 12.8 Å². The second-order valence-electron chi connectivity index (χ2n) is 5.24. The zero-order valence-electron chi connectivity index (χ0n) is 12.1. The Morgan fingerprint density at radius 3 is 2.59 bits per heavy atom. The number of halogens is 1. The third-order valence-corrected chi connectivity index (χ3v) is 5.66. The molecule has 1 unspecified atom stereocenters. The fraction of sp³-hybridized carbons (Fsp3) is 0.250. The maximum Gasteiger partial charge on any atom is 0.245 e. The number of sulfonamides is 1. The number of hydrogen-bond donors (Lipinski definition) is 0. The van der Waals surface area contributed by atoms with E-state index in [0.29, 0.717) is 5.56 Å². The molecule has 1 aliphatic rings. The van der Waals surface area contributed by atoms with E-state index in [9.17, 15) is 12.8 Å². The van der Waals surface area contributed by atoms with Crippen molar-refractivity contribution < 1.29 is 17.5 Å². The minimum atomic E-state index is -3.69. The summed E-state index contributed by atoms with van der Waals surface area (Å²) in [5.41, 5.74) is 1.33. The van der Waals surface area contributed by atoms with Crippen LogP contribution in [0.5, 0.6) is 0 Å². The first kappa shape index (κ1) is 15.1. The minimum Gasteiger partial charge on any atom is -0.356 e. The Labute approximate surface area is 129 Å². The van der Waals surface area contributed by atoms with E-state index >= 15 is 0 Å². The zero-order valence-corrected chi connectivity index (χ0v) is 12.9. The highest BCUT2D eigenvalue weighted by molar-refractivity contribution is 7.89. The summed E-state index contributed by atoms with van der Waals surface area (Å²) in [5.74, 6) is -0.448. The van der Waals surface area contributed by atoms with Gasteiger partial charge in [-0.3, -0.25) is 0 Å². The molecule has 0 aliphatic carbocycles. The quantitative estimate of drug-likeness (QED) is 0.873. The summed E-state index contributed by atoms with van der Waals surface area (Å²) >= 11 is 0. The van der Waals surface area contributed by atoms with Gasteiger partial charge in [-0.1, -0.05) is 30.3 Å². The van der Waals surface area contributed by atoms with Gasteiger partial charge in [0.15, 0.2) is 0 Å².